The highest BCUT2D eigenvalue weighted by molar-refractivity contribution is 5.91. The van der Waals surface area contributed by atoms with E-state index in [0.29, 0.717) is 11.1 Å². The Bertz CT molecular complexity index is 965. The third kappa shape index (κ3) is 9.31. The van der Waals surface area contributed by atoms with Crippen LogP contribution in [0.2, 0.25) is 0 Å². The Labute approximate surface area is 200 Å². The van der Waals surface area contributed by atoms with Crippen molar-refractivity contribution in [3.63, 3.8) is 0 Å². The zero-order valence-corrected chi connectivity index (χ0v) is 19.4. The van der Waals surface area contributed by atoms with E-state index >= 15 is 0 Å². The lowest BCUT2D eigenvalue weighted by atomic mass is 9.96. The van der Waals surface area contributed by atoms with Crippen molar-refractivity contribution in [3.05, 3.63) is 70.8 Å². The van der Waals surface area contributed by atoms with Gasteiger partial charge in [-0.2, -0.15) is 0 Å². The second kappa shape index (κ2) is 12.9. The van der Waals surface area contributed by atoms with Crippen LogP contribution in [-0.2, 0) is 39.1 Å². The van der Waals surface area contributed by atoms with Crippen molar-refractivity contribution < 1.29 is 58.3 Å². The summed E-state index contributed by atoms with van der Waals surface area (Å²) in [5.74, 6) is -1.73. The van der Waals surface area contributed by atoms with Gasteiger partial charge in [0.2, 0.25) is 0 Å². The lowest BCUT2D eigenvalue weighted by Gasteiger charge is -2.22. The molecule has 0 aliphatic heterocycles. The third-order valence-corrected chi connectivity index (χ3v) is 4.32. The molecule has 0 aromatic heterocycles. The highest BCUT2D eigenvalue weighted by Crippen LogP contribution is 2.17. The quantitative estimate of drug-likeness (QED) is 0.264. The van der Waals surface area contributed by atoms with Crippen molar-refractivity contribution in [2.75, 3.05) is 13.2 Å². The molecular weight excluding hydrogens is 468 g/mol. The maximum Gasteiger partial charge on any atom is 0.543 e. The monoisotopic (exact) mass is 492 g/mol. The first-order valence-electron chi connectivity index (χ1n) is 10.1. The molecule has 0 N–H and O–H groups in total. The molecule has 12 nitrogen and oxygen atoms in total. The molecule has 0 aliphatic rings. The van der Waals surface area contributed by atoms with Crippen LogP contribution in [-0.4, -0.2) is 37.5 Å². The minimum atomic E-state index is -1.30. The van der Waals surface area contributed by atoms with Gasteiger partial charge in [0.25, 0.3) is 0 Å². The van der Waals surface area contributed by atoms with Gasteiger partial charge in [-0.1, -0.05) is 50.2 Å². The number of aryl methyl sites for hydroxylation is 2. The number of carbonyl (C=O) groups is 4. The molecule has 0 radical (unpaired) electrons. The highest BCUT2D eigenvalue weighted by Gasteiger charge is 2.25. The number of carbonyl (C=O) groups excluding carboxylic acids is 4. The summed E-state index contributed by atoms with van der Waals surface area (Å²) in [6.45, 7) is 6.00. The van der Waals surface area contributed by atoms with Crippen LogP contribution < -0.4 is 0 Å². The largest absolute Gasteiger partial charge is 0.543 e. The Balaban J connectivity index is 1.62. The molecule has 0 fully saturated rings. The van der Waals surface area contributed by atoms with Crippen LogP contribution in [0.3, 0.4) is 0 Å². The van der Waals surface area contributed by atoms with Crippen molar-refractivity contribution in [2.24, 2.45) is 5.41 Å². The minimum Gasteiger partial charge on any atom is -0.432 e. The lowest BCUT2D eigenvalue weighted by molar-refractivity contribution is -0.453. The van der Waals surface area contributed by atoms with E-state index in [9.17, 15) is 19.2 Å². The summed E-state index contributed by atoms with van der Waals surface area (Å²) < 4.78 is 9.63. The molecular formula is C23H24O12. The Morgan fingerprint density at radius 1 is 0.629 bits per heavy atom. The summed E-state index contributed by atoms with van der Waals surface area (Å²) in [6.07, 6.45) is -2.60. The van der Waals surface area contributed by atoms with Gasteiger partial charge in [-0.25, -0.2) is 29.0 Å². The molecule has 2 aromatic rings. The van der Waals surface area contributed by atoms with Gasteiger partial charge >= 0.3 is 24.2 Å². The minimum absolute atomic E-state index is 0.226. The van der Waals surface area contributed by atoms with E-state index in [-0.39, 0.29) is 24.3 Å². The van der Waals surface area contributed by atoms with Crippen molar-refractivity contribution in [3.8, 4) is 0 Å². The van der Waals surface area contributed by atoms with Crippen LogP contribution in [0.5, 0.6) is 0 Å². The topological polar surface area (TPSA) is 142 Å². The molecule has 12 heteroatoms. The van der Waals surface area contributed by atoms with Crippen molar-refractivity contribution in [2.45, 2.75) is 27.7 Å². The van der Waals surface area contributed by atoms with Crippen molar-refractivity contribution >= 4 is 24.2 Å². The molecule has 0 heterocycles. The third-order valence-electron chi connectivity index (χ3n) is 4.32. The molecule has 0 spiro atoms. The van der Waals surface area contributed by atoms with E-state index in [0.717, 1.165) is 0 Å². The second-order valence-electron chi connectivity index (χ2n) is 7.92. The fraction of sp³-hybridized carbons (Fsp3) is 0.304. The Hall–Kier alpha value is -4.16. The van der Waals surface area contributed by atoms with Gasteiger partial charge in [0, 0.05) is 5.41 Å². The van der Waals surface area contributed by atoms with Gasteiger partial charge in [-0.15, -0.1) is 0 Å². The smallest absolute Gasteiger partial charge is 0.432 e. The number of rotatable bonds is 10. The first-order valence-corrected chi connectivity index (χ1v) is 10.1. The fourth-order valence-electron chi connectivity index (χ4n) is 2.44. The molecule has 35 heavy (non-hydrogen) atoms. The van der Waals surface area contributed by atoms with E-state index in [1.54, 1.807) is 64.1 Å². The first-order chi connectivity index (χ1) is 16.6. The van der Waals surface area contributed by atoms with Crippen LogP contribution in [0.1, 0.15) is 45.7 Å². The maximum absolute atomic E-state index is 11.8. The van der Waals surface area contributed by atoms with Gasteiger partial charge in [0.1, 0.15) is 13.2 Å². The summed E-state index contributed by atoms with van der Waals surface area (Å²) in [5, 5.41) is 8.29. The normalized spacial score (nSPS) is 10.6. The fourth-order valence-corrected chi connectivity index (χ4v) is 2.44. The summed E-state index contributed by atoms with van der Waals surface area (Å²) >= 11 is 0. The second-order valence-corrected chi connectivity index (χ2v) is 7.92. The SMILES string of the molecule is Cc1ccccc1C(=O)OOOC(=O)OCC(C)(C)COC(=O)OOOC(=O)c1ccccc1C. The number of ether oxygens (including phenoxy) is 2. The molecule has 2 aromatic carbocycles. The standard InChI is InChI=1S/C23H24O12/c1-15-9-5-7-11-17(15)19(24)30-34-32-21(26)28-13-23(3,4)14-29-22(27)33-35-31-20(25)18-12-8-6-10-16(18)2/h5-12H,13-14H2,1-4H3. The van der Waals surface area contributed by atoms with Crippen LogP contribution >= 0.6 is 0 Å². The van der Waals surface area contributed by atoms with Gasteiger partial charge in [-0.05, 0) is 37.1 Å². The summed E-state index contributed by atoms with van der Waals surface area (Å²) in [7, 11) is 0. The zero-order valence-electron chi connectivity index (χ0n) is 19.4. The molecule has 0 atom stereocenters. The summed E-state index contributed by atoms with van der Waals surface area (Å²) in [6, 6.07) is 13.1. The molecule has 0 aliphatic carbocycles. The molecule has 0 amide bonds. The summed E-state index contributed by atoms with van der Waals surface area (Å²) in [4.78, 5) is 64.0. The van der Waals surface area contributed by atoms with Crippen LogP contribution in [0, 0.1) is 19.3 Å². The van der Waals surface area contributed by atoms with E-state index in [1.807, 2.05) is 0 Å². The van der Waals surface area contributed by atoms with Crippen LogP contribution in [0.15, 0.2) is 48.5 Å². The van der Waals surface area contributed by atoms with Gasteiger partial charge < -0.3 is 9.47 Å². The van der Waals surface area contributed by atoms with Crippen LogP contribution in [0.4, 0.5) is 9.59 Å². The van der Waals surface area contributed by atoms with Gasteiger partial charge in [0.15, 0.2) is 0 Å². The number of hydrogen-bond donors (Lipinski definition) is 0. The molecule has 0 bridgehead atoms. The van der Waals surface area contributed by atoms with Gasteiger partial charge in [-0.3, -0.25) is 9.78 Å². The van der Waals surface area contributed by atoms with Crippen molar-refractivity contribution in [1.29, 1.82) is 0 Å². The van der Waals surface area contributed by atoms with E-state index in [2.05, 4.69) is 29.6 Å². The van der Waals surface area contributed by atoms with E-state index in [1.165, 1.54) is 12.1 Å². The molecule has 0 saturated carbocycles. The Morgan fingerprint density at radius 3 is 1.37 bits per heavy atom. The molecule has 0 saturated heterocycles. The number of benzene rings is 2. The van der Waals surface area contributed by atoms with E-state index in [4.69, 9.17) is 9.47 Å². The molecule has 0 unspecified atom stereocenters. The van der Waals surface area contributed by atoms with Crippen molar-refractivity contribution in [1.82, 2.24) is 0 Å². The Morgan fingerprint density at radius 2 is 1.00 bits per heavy atom. The predicted molar refractivity (Wildman–Crippen MR) is 114 cm³/mol. The highest BCUT2D eigenvalue weighted by atomic mass is 17.5. The summed E-state index contributed by atoms with van der Waals surface area (Å²) in [5.41, 5.74) is 0.831. The average molecular weight is 492 g/mol. The lowest BCUT2D eigenvalue weighted by Crippen LogP contribution is -2.29. The first kappa shape index (κ1) is 27.1. The predicted octanol–water partition coefficient (Wildman–Crippen LogP) is 4.34. The maximum atomic E-state index is 11.8. The van der Waals surface area contributed by atoms with E-state index < -0.39 is 29.7 Å². The number of hydrogen-bond acceptors (Lipinski definition) is 12. The van der Waals surface area contributed by atoms with Crippen LogP contribution in [0.25, 0.3) is 0 Å². The molecule has 2 rings (SSSR count). The zero-order chi connectivity index (χ0) is 25.8. The molecule has 188 valence electrons. The Kier molecular flexibility index (Phi) is 9.99. The average Bonchev–Trinajstić information content (AvgIpc) is 2.82. The van der Waals surface area contributed by atoms with Gasteiger partial charge in [0.05, 0.1) is 21.2 Å².